The third kappa shape index (κ3) is 4.93. The largest absolute Gasteiger partial charge is 0.391 e. The van der Waals surface area contributed by atoms with Gasteiger partial charge in [-0.3, -0.25) is 4.79 Å². The van der Waals surface area contributed by atoms with Gasteiger partial charge in [0.15, 0.2) is 0 Å². The van der Waals surface area contributed by atoms with Gasteiger partial charge in [0.25, 0.3) is 0 Å². The highest BCUT2D eigenvalue weighted by Crippen LogP contribution is 2.39. The van der Waals surface area contributed by atoms with Gasteiger partial charge < -0.3 is 5.32 Å². The maximum absolute atomic E-state index is 12.8. The highest BCUT2D eigenvalue weighted by atomic mass is 32.1. The molecule has 1 aliphatic carbocycles. The standard InChI is InChI=1S/C16H23F3N2OS/c1-3-13-10(2)23-14(21-13)7-8-20-15(22)11-5-4-6-12(9-11)16(17,18)19/h11-12H,3-9H2,1-2H3,(H,20,22)/t11-,12-/m0/s1. The Kier molecular flexibility index (Phi) is 6.06. The zero-order valence-corrected chi connectivity index (χ0v) is 14.3. The van der Waals surface area contributed by atoms with Crippen LogP contribution in [0.3, 0.4) is 0 Å². The summed E-state index contributed by atoms with van der Waals surface area (Å²) in [7, 11) is 0. The molecule has 23 heavy (non-hydrogen) atoms. The third-order valence-corrected chi connectivity index (χ3v) is 5.49. The van der Waals surface area contributed by atoms with Crippen LogP contribution in [0.25, 0.3) is 0 Å². The molecule has 1 saturated carbocycles. The van der Waals surface area contributed by atoms with E-state index in [0.717, 1.165) is 17.1 Å². The van der Waals surface area contributed by atoms with E-state index in [9.17, 15) is 18.0 Å². The molecule has 1 aromatic heterocycles. The topological polar surface area (TPSA) is 42.0 Å². The van der Waals surface area contributed by atoms with E-state index in [1.54, 1.807) is 11.3 Å². The molecule has 0 saturated heterocycles. The Morgan fingerprint density at radius 1 is 1.39 bits per heavy atom. The van der Waals surface area contributed by atoms with Crippen LogP contribution in [0.5, 0.6) is 0 Å². The van der Waals surface area contributed by atoms with Crippen molar-refractivity contribution < 1.29 is 18.0 Å². The number of rotatable bonds is 5. The number of thiazole rings is 1. The van der Waals surface area contributed by atoms with Crippen molar-refractivity contribution >= 4 is 17.2 Å². The zero-order valence-electron chi connectivity index (χ0n) is 13.5. The monoisotopic (exact) mass is 348 g/mol. The van der Waals surface area contributed by atoms with Crippen LogP contribution >= 0.6 is 11.3 Å². The van der Waals surface area contributed by atoms with Crippen LogP contribution < -0.4 is 5.32 Å². The van der Waals surface area contributed by atoms with Crippen molar-refractivity contribution in [3.8, 4) is 0 Å². The predicted octanol–water partition coefficient (Wildman–Crippen LogP) is 4.04. The summed E-state index contributed by atoms with van der Waals surface area (Å²) in [6, 6.07) is 0. The van der Waals surface area contributed by atoms with E-state index < -0.39 is 18.0 Å². The summed E-state index contributed by atoms with van der Waals surface area (Å²) < 4.78 is 38.4. The fourth-order valence-corrected chi connectivity index (χ4v) is 4.11. The number of carbonyl (C=O) groups is 1. The highest BCUT2D eigenvalue weighted by Gasteiger charge is 2.43. The quantitative estimate of drug-likeness (QED) is 0.872. The van der Waals surface area contributed by atoms with Crippen molar-refractivity contribution in [1.82, 2.24) is 10.3 Å². The fourth-order valence-electron chi connectivity index (χ4n) is 3.08. The summed E-state index contributed by atoms with van der Waals surface area (Å²) in [4.78, 5) is 17.8. The van der Waals surface area contributed by atoms with Crippen LogP contribution in [0.2, 0.25) is 0 Å². The highest BCUT2D eigenvalue weighted by molar-refractivity contribution is 7.11. The molecule has 0 aromatic carbocycles. The van der Waals surface area contributed by atoms with E-state index in [4.69, 9.17) is 0 Å². The van der Waals surface area contributed by atoms with E-state index in [2.05, 4.69) is 10.3 Å². The zero-order chi connectivity index (χ0) is 17.0. The number of halogens is 3. The number of hydrogen-bond donors (Lipinski definition) is 1. The molecule has 130 valence electrons. The average molecular weight is 348 g/mol. The first-order valence-electron chi connectivity index (χ1n) is 8.10. The number of amides is 1. The summed E-state index contributed by atoms with van der Waals surface area (Å²) in [5.74, 6) is -2.09. The van der Waals surface area contributed by atoms with Gasteiger partial charge in [-0.25, -0.2) is 4.98 Å². The van der Waals surface area contributed by atoms with Crippen LogP contribution in [0.4, 0.5) is 13.2 Å². The molecule has 2 atom stereocenters. The molecular weight excluding hydrogens is 325 g/mol. The van der Waals surface area contributed by atoms with Gasteiger partial charge in [-0.15, -0.1) is 11.3 Å². The number of aryl methyl sites for hydroxylation is 2. The van der Waals surface area contributed by atoms with Gasteiger partial charge in [-0.1, -0.05) is 13.3 Å². The van der Waals surface area contributed by atoms with Gasteiger partial charge >= 0.3 is 6.18 Å². The Morgan fingerprint density at radius 2 is 2.13 bits per heavy atom. The van der Waals surface area contributed by atoms with E-state index in [1.807, 2.05) is 13.8 Å². The Bertz CT molecular complexity index is 542. The van der Waals surface area contributed by atoms with Crippen LogP contribution in [0.1, 0.15) is 48.2 Å². The number of nitrogens with one attached hydrogen (secondary N) is 1. The van der Waals surface area contributed by atoms with E-state index in [1.165, 1.54) is 4.88 Å². The number of hydrogen-bond acceptors (Lipinski definition) is 3. The molecule has 3 nitrogen and oxygen atoms in total. The molecule has 0 spiro atoms. The van der Waals surface area contributed by atoms with Crippen molar-refractivity contribution in [3.63, 3.8) is 0 Å². The van der Waals surface area contributed by atoms with E-state index >= 15 is 0 Å². The van der Waals surface area contributed by atoms with Gasteiger partial charge in [-0.2, -0.15) is 13.2 Å². The molecule has 1 aromatic rings. The lowest BCUT2D eigenvalue weighted by Crippen LogP contribution is -2.38. The summed E-state index contributed by atoms with van der Waals surface area (Å²) in [6.07, 6.45) is -1.59. The molecule has 1 fully saturated rings. The Hall–Kier alpha value is -1.11. The molecule has 0 bridgehead atoms. The molecule has 1 aliphatic rings. The Morgan fingerprint density at radius 3 is 2.74 bits per heavy atom. The Labute approximate surface area is 138 Å². The maximum Gasteiger partial charge on any atom is 0.391 e. The summed E-state index contributed by atoms with van der Waals surface area (Å²) in [5, 5.41) is 3.75. The number of aromatic nitrogens is 1. The predicted molar refractivity (Wildman–Crippen MR) is 84.4 cm³/mol. The van der Waals surface area contributed by atoms with Gasteiger partial charge in [0.1, 0.15) is 0 Å². The number of alkyl halides is 3. The van der Waals surface area contributed by atoms with Crippen LogP contribution in [-0.4, -0.2) is 23.6 Å². The first-order valence-corrected chi connectivity index (χ1v) is 8.92. The van der Waals surface area contributed by atoms with Crippen molar-refractivity contribution in [2.24, 2.45) is 11.8 Å². The maximum atomic E-state index is 12.8. The minimum absolute atomic E-state index is 0.0777. The lowest BCUT2D eigenvalue weighted by atomic mass is 9.80. The SMILES string of the molecule is CCc1nc(CCNC(=O)[C@H]2CCC[C@H](C(F)(F)F)C2)sc1C. The molecule has 7 heteroatoms. The van der Waals surface area contributed by atoms with E-state index in [0.29, 0.717) is 25.8 Å². The normalized spacial score (nSPS) is 22.1. The van der Waals surface area contributed by atoms with Crippen LogP contribution in [-0.2, 0) is 17.6 Å². The second kappa shape index (κ2) is 7.64. The first kappa shape index (κ1) is 18.2. The minimum atomic E-state index is -4.19. The molecule has 0 radical (unpaired) electrons. The van der Waals surface area contributed by atoms with Crippen molar-refractivity contribution in [2.45, 2.75) is 58.5 Å². The summed E-state index contributed by atoms with van der Waals surface area (Å²) in [6.45, 7) is 4.51. The van der Waals surface area contributed by atoms with Crippen LogP contribution in [0.15, 0.2) is 0 Å². The molecule has 1 heterocycles. The molecule has 1 amide bonds. The first-order chi connectivity index (χ1) is 10.8. The van der Waals surface area contributed by atoms with Gasteiger partial charge in [0.2, 0.25) is 5.91 Å². The molecule has 0 aliphatic heterocycles. The smallest absolute Gasteiger partial charge is 0.355 e. The molecule has 2 rings (SSSR count). The fraction of sp³-hybridized carbons (Fsp3) is 0.750. The Balaban J connectivity index is 1.80. The van der Waals surface area contributed by atoms with E-state index in [-0.39, 0.29) is 18.7 Å². The second-order valence-corrected chi connectivity index (χ2v) is 7.39. The van der Waals surface area contributed by atoms with Crippen molar-refractivity contribution in [1.29, 1.82) is 0 Å². The number of nitrogens with zero attached hydrogens (tertiary/aromatic N) is 1. The lowest BCUT2D eigenvalue weighted by molar-refractivity contribution is -0.186. The molecular formula is C16H23F3N2OS. The number of carbonyl (C=O) groups excluding carboxylic acids is 1. The van der Waals surface area contributed by atoms with Crippen molar-refractivity contribution in [3.05, 3.63) is 15.6 Å². The van der Waals surface area contributed by atoms with Gasteiger partial charge in [0.05, 0.1) is 16.6 Å². The lowest BCUT2D eigenvalue weighted by Gasteiger charge is -2.29. The molecule has 0 unspecified atom stereocenters. The second-order valence-electron chi connectivity index (χ2n) is 6.11. The van der Waals surface area contributed by atoms with Crippen LogP contribution in [0, 0.1) is 18.8 Å². The average Bonchev–Trinajstić information content (AvgIpc) is 2.86. The molecule has 1 N–H and O–H groups in total. The summed E-state index contributed by atoms with van der Waals surface area (Å²) >= 11 is 1.62. The minimum Gasteiger partial charge on any atom is -0.355 e. The third-order valence-electron chi connectivity index (χ3n) is 4.42. The van der Waals surface area contributed by atoms with Gasteiger partial charge in [0, 0.05) is 23.8 Å². The summed E-state index contributed by atoms with van der Waals surface area (Å²) in [5.41, 5.74) is 1.08. The van der Waals surface area contributed by atoms with Crippen molar-refractivity contribution in [2.75, 3.05) is 6.54 Å². The van der Waals surface area contributed by atoms with Gasteiger partial charge in [-0.05, 0) is 32.6 Å².